The van der Waals surface area contributed by atoms with Crippen molar-refractivity contribution in [1.29, 1.82) is 0 Å². The molecule has 0 aliphatic carbocycles. The van der Waals surface area contributed by atoms with Gasteiger partial charge in [-0.25, -0.2) is 0 Å². The van der Waals surface area contributed by atoms with Crippen LogP contribution in [0.15, 0.2) is 22.7 Å². The second-order valence-electron chi connectivity index (χ2n) is 5.39. The largest absolute Gasteiger partial charge is 0.372 e. The quantitative estimate of drug-likeness (QED) is 0.750. The first-order valence-corrected chi connectivity index (χ1v) is 9.44. The Labute approximate surface area is 136 Å². The van der Waals surface area contributed by atoms with E-state index in [0.29, 0.717) is 6.04 Å². The molecule has 2 nitrogen and oxygen atoms in total. The van der Waals surface area contributed by atoms with Gasteiger partial charge in [0.05, 0.1) is 0 Å². The molecule has 0 amide bonds. The summed E-state index contributed by atoms with van der Waals surface area (Å²) in [5.41, 5.74) is 8.79. The maximum Gasteiger partial charge on any atom is 0.0410 e. The van der Waals surface area contributed by atoms with Crippen molar-refractivity contribution < 1.29 is 0 Å². The van der Waals surface area contributed by atoms with E-state index in [4.69, 9.17) is 5.73 Å². The fraction of sp³-hybridized carbons (Fsp3) is 0.625. The average Bonchev–Trinajstić information content (AvgIpc) is 2.45. The van der Waals surface area contributed by atoms with Crippen LogP contribution in [-0.2, 0) is 6.42 Å². The highest BCUT2D eigenvalue weighted by atomic mass is 79.9. The molecule has 0 aliphatic heterocycles. The van der Waals surface area contributed by atoms with Gasteiger partial charge in [0.1, 0.15) is 0 Å². The number of hydrogen-bond acceptors (Lipinski definition) is 3. The molecule has 1 rings (SSSR count). The molecule has 114 valence electrons. The van der Waals surface area contributed by atoms with Crippen LogP contribution in [0.4, 0.5) is 5.69 Å². The number of rotatable bonds is 8. The minimum absolute atomic E-state index is 0.241. The SMILES string of the molecule is CCC(N)Cc1ccc(Br)cc1N(C)C(C)CCSC. The molecule has 0 heterocycles. The van der Waals surface area contributed by atoms with E-state index in [2.05, 4.69) is 66.2 Å². The van der Waals surface area contributed by atoms with Gasteiger partial charge in [-0.1, -0.05) is 28.9 Å². The Balaban J connectivity index is 2.92. The minimum Gasteiger partial charge on any atom is -0.372 e. The number of benzene rings is 1. The van der Waals surface area contributed by atoms with Crippen LogP contribution >= 0.6 is 27.7 Å². The molecule has 0 radical (unpaired) electrons. The molecule has 0 aromatic heterocycles. The molecule has 0 spiro atoms. The molecule has 1 aromatic carbocycles. The van der Waals surface area contributed by atoms with E-state index in [1.54, 1.807) is 0 Å². The van der Waals surface area contributed by atoms with E-state index in [1.807, 2.05) is 11.8 Å². The van der Waals surface area contributed by atoms with E-state index in [1.165, 1.54) is 23.4 Å². The second-order valence-corrected chi connectivity index (χ2v) is 7.29. The maximum absolute atomic E-state index is 6.13. The number of nitrogens with zero attached hydrogens (tertiary/aromatic N) is 1. The molecule has 0 saturated heterocycles. The molecule has 0 bridgehead atoms. The second kappa shape index (κ2) is 8.96. The highest BCUT2D eigenvalue weighted by Gasteiger charge is 2.15. The van der Waals surface area contributed by atoms with Crippen LogP contribution in [0.3, 0.4) is 0 Å². The Kier molecular flexibility index (Phi) is 8.00. The monoisotopic (exact) mass is 358 g/mol. The highest BCUT2D eigenvalue weighted by molar-refractivity contribution is 9.10. The summed E-state index contributed by atoms with van der Waals surface area (Å²) in [7, 11) is 2.19. The molecular formula is C16H27BrN2S. The predicted molar refractivity (Wildman–Crippen MR) is 97.0 cm³/mol. The maximum atomic E-state index is 6.13. The molecule has 4 heteroatoms. The third-order valence-corrected chi connectivity index (χ3v) is 4.97. The molecule has 2 N–H and O–H groups in total. The summed E-state index contributed by atoms with van der Waals surface area (Å²) in [4.78, 5) is 2.39. The standard InChI is InChI=1S/C16H27BrN2S/c1-5-15(18)10-13-6-7-14(17)11-16(13)19(3)12(2)8-9-20-4/h6-7,11-12,15H,5,8-10,18H2,1-4H3. The van der Waals surface area contributed by atoms with Crippen molar-refractivity contribution in [1.82, 2.24) is 0 Å². The van der Waals surface area contributed by atoms with E-state index in [-0.39, 0.29) is 6.04 Å². The van der Waals surface area contributed by atoms with Crippen LogP contribution in [0.2, 0.25) is 0 Å². The van der Waals surface area contributed by atoms with Crippen molar-refractivity contribution in [3.8, 4) is 0 Å². The molecule has 0 fully saturated rings. The fourth-order valence-electron chi connectivity index (χ4n) is 2.18. The van der Waals surface area contributed by atoms with Crippen LogP contribution in [0.5, 0.6) is 0 Å². The van der Waals surface area contributed by atoms with Crippen LogP contribution in [0.25, 0.3) is 0 Å². The van der Waals surface area contributed by atoms with Crippen molar-refractivity contribution in [2.75, 3.05) is 24.0 Å². The number of nitrogens with two attached hydrogens (primary N) is 1. The van der Waals surface area contributed by atoms with Crippen molar-refractivity contribution in [3.63, 3.8) is 0 Å². The lowest BCUT2D eigenvalue weighted by Crippen LogP contribution is -2.31. The lowest BCUT2D eigenvalue weighted by Gasteiger charge is -2.30. The summed E-state index contributed by atoms with van der Waals surface area (Å²) in [6.45, 7) is 4.44. The van der Waals surface area contributed by atoms with Crippen LogP contribution in [0.1, 0.15) is 32.3 Å². The molecule has 2 unspecified atom stereocenters. The zero-order chi connectivity index (χ0) is 15.1. The Morgan fingerprint density at radius 1 is 1.40 bits per heavy atom. The molecule has 1 aromatic rings. The number of halogens is 1. The molecule has 20 heavy (non-hydrogen) atoms. The summed E-state index contributed by atoms with van der Waals surface area (Å²) in [6.07, 6.45) is 5.32. The normalized spacial score (nSPS) is 14.1. The number of thioether (sulfide) groups is 1. The van der Waals surface area contributed by atoms with Gasteiger partial charge in [0, 0.05) is 29.3 Å². The molecule has 0 aliphatic rings. The summed E-state index contributed by atoms with van der Waals surface area (Å²) < 4.78 is 1.13. The van der Waals surface area contributed by atoms with Gasteiger partial charge >= 0.3 is 0 Å². The fourth-order valence-corrected chi connectivity index (χ4v) is 3.11. The van der Waals surface area contributed by atoms with Gasteiger partial charge in [-0.2, -0.15) is 11.8 Å². The highest BCUT2D eigenvalue weighted by Crippen LogP contribution is 2.28. The first-order valence-electron chi connectivity index (χ1n) is 7.25. The van der Waals surface area contributed by atoms with E-state index in [0.717, 1.165) is 17.3 Å². The first kappa shape index (κ1) is 17.9. The molecule has 2 atom stereocenters. The molecule has 0 saturated carbocycles. The van der Waals surface area contributed by atoms with Crippen LogP contribution < -0.4 is 10.6 Å². The summed E-state index contributed by atoms with van der Waals surface area (Å²) in [5, 5.41) is 0. The zero-order valence-electron chi connectivity index (χ0n) is 13.0. The predicted octanol–water partition coefficient (Wildman–Crippen LogP) is 4.31. The van der Waals surface area contributed by atoms with Gasteiger partial charge in [0.15, 0.2) is 0 Å². The summed E-state index contributed by atoms with van der Waals surface area (Å²) in [6, 6.07) is 7.31. The minimum atomic E-state index is 0.241. The average molecular weight is 359 g/mol. The van der Waals surface area contributed by atoms with E-state index >= 15 is 0 Å². The van der Waals surface area contributed by atoms with Gasteiger partial charge in [0.25, 0.3) is 0 Å². The van der Waals surface area contributed by atoms with Crippen molar-refractivity contribution in [3.05, 3.63) is 28.2 Å². The van der Waals surface area contributed by atoms with Gasteiger partial charge in [-0.3, -0.25) is 0 Å². The number of hydrogen-bond donors (Lipinski definition) is 1. The topological polar surface area (TPSA) is 29.3 Å². The lowest BCUT2D eigenvalue weighted by molar-refractivity contribution is 0.634. The Hall–Kier alpha value is -0.190. The summed E-state index contributed by atoms with van der Waals surface area (Å²) >= 11 is 5.50. The van der Waals surface area contributed by atoms with Crippen molar-refractivity contribution >= 4 is 33.4 Å². The van der Waals surface area contributed by atoms with E-state index < -0.39 is 0 Å². The summed E-state index contributed by atoms with van der Waals surface area (Å²) in [5.74, 6) is 1.20. The van der Waals surface area contributed by atoms with Gasteiger partial charge in [-0.05, 0) is 55.9 Å². The Morgan fingerprint density at radius 2 is 2.10 bits per heavy atom. The van der Waals surface area contributed by atoms with Crippen molar-refractivity contribution in [2.45, 2.75) is 45.2 Å². The number of anilines is 1. The lowest BCUT2D eigenvalue weighted by atomic mass is 10.0. The van der Waals surface area contributed by atoms with Crippen LogP contribution in [0, 0.1) is 0 Å². The van der Waals surface area contributed by atoms with Gasteiger partial charge in [0.2, 0.25) is 0 Å². The van der Waals surface area contributed by atoms with Gasteiger partial charge < -0.3 is 10.6 Å². The van der Waals surface area contributed by atoms with E-state index in [9.17, 15) is 0 Å². The zero-order valence-corrected chi connectivity index (χ0v) is 15.4. The Bertz CT molecular complexity index is 411. The third kappa shape index (κ3) is 5.30. The smallest absolute Gasteiger partial charge is 0.0410 e. The van der Waals surface area contributed by atoms with Crippen LogP contribution in [-0.4, -0.2) is 31.1 Å². The first-order chi connectivity index (χ1) is 9.49. The van der Waals surface area contributed by atoms with Gasteiger partial charge in [-0.15, -0.1) is 0 Å². The Morgan fingerprint density at radius 3 is 2.70 bits per heavy atom. The molecular weight excluding hydrogens is 332 g/mol. The third-order valence-electron chi connectivity index (χ3n) is 3.83. The van der Waals surface area contributed by atoms with Crippen molar-refractivity contribution in [2.24, 2.45) is 5.73 Å².